The summed E-state index contributed by atoms with van der Waals surface area (Å²) in [6.07, 6.45) is 4.12. The highest BCUT2D eigenvalue weighted by Crippen LogP contribution is 2.58. The lowest BCUT2D eigenvalue weighted by Gasteiger charge is -2.31. The van der Waals surface area contributed by atoms with E-state index in [1.165, 1.54) is 143 Å². The Hall–Kier alpha value is -8.32. The van der Waals surface area contributed by atoms with Crippen LogP contribution in [0, 0.1) is 0 Å². The van der Waals surface area contributed by atoms with Crippen LogP contribution in [0.15, 0.2) is 231 Å². The van der Waals surface area contributed by atoms with E-state index < -0.39 is 0 Å². The van der Waals surface area contributed by atoms with E-state index in [0.717, 1.165) is 25.7 Å². The Morgan fingerprint density at radius 1 is 0.216 bits per heavy atom. The Bertz CT molecular complexity index is 3830. The minimum absolute atomic E-state index is 0.111. The molecule has 0 unspecified atom stereocenters. The zero-order chi connectivity index (χ0) is 49.7. The van der Waals surface area contributed by atoms with Crippen molar-refractivity contribution in [3.63, 3.8) is 0 Å². The molecule has 0 heteroatoms. The Morgan fingerprint density at radius 3 is 0.689 bits per heavy atom. The van der Waals surface area contributed by atoms with Gasteiger partial charge in [0.05, 0.1) is 0 Å². The second-order valence-corrected chi connectivity index (χ2v) is 21.0. The lowest BCUT2D eigenvalue weighted by molar-refractivity contribution is 0.490. The third-order valence-corrected chi connectivity index (χ3v) is 18.0. The van der Waals surface area contributed by atoms with E-state index in [-0.39, 0.29) is 10.8 Å². The van der Waals surface area contributed by atoms with Crippen LogP contribution in [0.1, 0.15) is 75.6 Å². The minimum Gasteiger partial charge on any atom is -0.0642 e. The van der Waals surface area contributed by atoms with Crippen molar-refractivity contribution in [1.82, 2.24) is 0 Å². The smallest absolute Gasteiger partial charge is 0.0210 e. The van der Waals surface area contributed by atoms with E-state index in [4.69, 9.17) is 0 Å². The highest BCUT2D eigenvalue weighted by Gasteiger charge is 2.43. The molecule has 74 heavy (non-hydrogen) atoms. The maximum Gasteiger partial charge on any atom is 0.0210 e. The number of benzene rings is 12. The van der Waals surface area contributed by atoms with Gasteiger partial charge in [-0.1, -0.05) is 234 Å². The van der Waals surface area contributed by atoms with Crippen LogP contribution in [-0.4, -0.2) is 0 Å². The molecule has 0 nitrogen and oxygen atoms in total. The number of hydrogen-bond acceptors (Lipinski definition) is 0. The van der Waals surface area contributed by atoms with Gasteiger partial charge >= 0.3 is 0 Å². The first-order valence-corrected chi connectivity index (χ1v) is 27.1. The molecule has 0 saturated heterocycles. The van der Waals surface area contributed by atoms with E-state index in [9.17, 15) is 0 Å². The molecule has 0 radical (unpaired) electrons. The molecule has 0 fully saturated rings. The number of fused-ring (bicyclic) bond motifs is 10. The van der Waals surface area contributed by atoms with Crippen LogP contribution in [0.3, 0.4) is 0 Å². The second kappa shape index (κ2) is 17.1. The second-order valence-electron chi connectivity index (χ2n) is 21.0. The molecule has 0 atom stereocenters. The molecule has 2 aliphatic carbocycles. The average molecular weight is 947 g/mol. The van der Waals surface area contributed by atoms with Crippen molar-refractivity contribution >= 4 is 43.1 Å². The highest BCUT2D eigenvalue weighted by atomic mass is 14.5. The Labute approximate surface area is 435 Å². The van der Waals surface area contributed by atoms with Crippen molar-refractivity contribution in [2.24, 2.45) is 0 Å². The van der Waals surface area contributed by atoms with Crippen LogP contribution in [0.4, 0.5) is 0 Å². The molecular weight excluding hydrogens is 889 g/mol. The van der Waals surface area contributed by atoms with Crippen molar-refractivity contribution in [2.75, 3.05) is 0 Å². The van der Waals surface area contributed by atoms with Gasteiger partial charge in [0.25, 0.3) is 0 Å². The molecule has 0 saturated carbocycles. The molecular formula is C74H58. The molecule has 0 N–H and O–H groups in total. The van der Waals surface area contributed by atoms with Gasteiger partial charge in [-0.3, -0.25) is 0 Å². The Morgan fingerprint density at radius 2 is 0.432 bits per heavy atom. The van der Waals surface area contributed by atoms with Gasteiger partial charge in [-0.25, -0.2) is 0 Å². The molecule has 0 aliphatic heterocycles. The summed E-state index contributed by atoms with van der Waals surface area (Å²) in [5, 5.41) is 10.4. The standard InChI is InChI=1S/C74H58/c1-5-73(6-2)65-43-49(35-39-53(65)55-41-37-51(45-67(55)73)71-61-31-19-15-27-57(61)69(47-23-11-9-12-24-47)58-28-16-20-32-62(58)71)50-36-40-54-56-42-38-52(46-68(56)74(7-3,8-4)66(54)44-50)72-63-33-21-17-29-59(63)70(48-25-13-10-14-26-48)60-30-18-22-34-64(60)72/h9-46H,5-8H2,1-4H3. The predicted octanol–water partition coefficient (Wildman–Crippen LogP) is 20.8. The summed E-state index contributed by atoms with van der Waals surface area (Å²) < 4.78 is 0. The third-order valence-electron chi connectivity index (χ3n) is 18.0. The van der Waals surface area contributed by atoms with Crippen molar-refractivity contribution in [1.29, 1.82) is 0 Å². The monoisotopic (exact) mass is 946 g/mol. The summed E-state index contributed by atoms with van der Waals surface area (Å²) in [6, 6.07) is 87.7. The quantitative estimate of drug-likeness (QED) is 0.127. The summed E-state index contributed by atoms with van der Waals surface area (Å²) in [6.45, 7) is 9.62. The highest BCUT2D eigenvalue weighted by molar-refractivity contribution is 6.23. The Balaban J connectivity index is 0.875. The SMILES string of the molecule is CCC1(CC)c2cc(-c3ccc4c(c3)C(CC)(CC)c3cc(-c5c6ccccc6c(-c6ccccc6)c6ccccc56)ccc3-4)ccc2-c2ccc(-c3c4ccccc4c(-c4ccccc4)c4ccccc34)cc21. The van der Waals surface area contributed by atoms with E-state index >= 15 is 0 Å². The van der Waals surface area contributed by atoms with Crippen LogP contribution < -0.4 is 0 Å². The fourth-order valence-electron chi connectivity index (χ4n) is 14.4. The van der Waals surface area contributed by atoms with Gasteiger partial charge in [-0.2, -0.15) is 0 Å². The Kier molecular flexibility index (Phi) is 10.3. The molecule has 0 heterocycles. The average Bonchev–Trinajstić information content (AvgIpc) is 3.97. The van der Waals surface area contributed by atoms with Crippen molar-refractivity contribution in [3.05, 3.63) is 253 Å². The first-order valence-electron chi connectivity index (χ1n) is 27.1. The molecule has 12 aromatic carbocycles. The van der Waals surface area contributed by atoms with E-state index in [2.05, 4.69) is 258 Å². The number of rotatable bonds is 9. The molecule has 0 aromatic heterocycles. The van der Waals surface area contributed by atoms with Crippen LogP contribution in [0.2, 0.25) is 0 Å². The van der Waals surface area contributed by atoms with Crippen LogP contribution in [0.25, 0.3) is 121 Å². The summed E-state index contributed by atoms with van der Waals surface area (Å²) in [5.74, 6) is 0. The van der Waals surface area contributed by atoms with E-state index in [1.54, 1.807) is 0 Å². The molecule has 0 bridgehead atoms. The van der Waals surface area contributed by atoms with Gasteiger partial charge in [-0.15, -0.1) is 0 Å². The summed E-state index contributed by atoms with van der Waals surface area (Å²) >= 11 is 0. The van der Waals surface area contributed by atoms with Crippen molar-refractivity contribution in [3.8, 4) is 77.9 Å². The van der Waals surface area contributed by atoms with Gasteiger partial charge < -0.3 is 0 Å². The first-order chi connectivity index (χ1) is 36.5. The predicted molar refractivity (Wildman–Crippen MR) is 317 cm³/mol. The molecule has 2 aliphatic rings. The molecule has 0 amide bonds. The summed E-state index contributed by atoms with van der Waals surface area (Å²) in [7, 11) is 0. The van der Waals surface area contributed by atoms with Crippen molar-refractivity contribution < 1.29 is 0 Å². The minimum atomic E-state index is -0.111. The fourth-order valence-corrected chi connectivity index (χ4v) is 14.4. The maximum atomic E-state index is 2.57. The van der Waals surface area contributed by atoms with Gasteiger partial charge in [0.1, 0.15) is 0 Å². The van der Waals surface area contributed by atoms with Gasteiger partial charge in [0, 0.05) is 10.8 Å². The van der Waals surface area contributed by atoms with Gasteiger partial charge in [0.2, 0.25) is 0 Å². The van der Waals surface area contributed by atoms with Crippen LogP contribution in [0.5, 0.6) is 0 Å². The number of hydrogen-bond donors (Lipinski definition) is 0. The zero-order valence-electron chi connectivity index (χ0n) is 42.8. The van der Waals surface area contributed by atoms with E-state index in [0.29, 0.717) is 0 Å². The summed E-state index contributed by atoms with van der Waals surface area (Å²) in [4.78, 5) is 0. The van der Waals surface area contributed by atoms with Gasteiger partial charge in [0.15, 0.2) is 0 Å². The lowest BCUT2D eigenvalue weighted by Crippen LogP contribution is -2.23. The van der Waals surface area contributed by atoms with Crippen LogP contribution >= 0.6 is 0 Å². The largest absolute Gasteiger partial charge is 0.0642 e. The molecule has 354 valence electrons. The molecule has 12 aromatic rings. The summed E-state index contributed by atoms with van der Waals surface area (Å²) in [5.41, 5.74) is 24.1. The fraction of sp³-hybridized carbons (Fsp3) is 0.135. The molecule has 0 spiro atoms. The third kappa shape index (κ3) is 6.27. The maximum absolute atomic E-state index is 2.57. The normalized spacial score (nSPS) is 13.8. The van der Waals surface area contributed by atoms with E-state index in [1.807, 2.05) is 0 Å². The zero-order valence-corrected chi connectivity index (χ0v) is 42.8. The van der Waals surface area contributed by atoms with Crippen LogP contribution in [-0.2, 0) is 10.8 Å². The topological polar surface area (TPSA) is 0 Å². The van der Waals surface area contributed by atoms with Crippen molar-refractivity contribution in [2.45, 2.75) is 64.2 Å². The lowest BCUT2D eigenvalue weighted by atomic mass is 9.72. The first kappa shape index (κ1) is 44.4. The van der Waals surface area contributed by atoms with Gasteiger partial charge in [-0.05, 0) is 193 Å². The molecule has 14 rings (SSSR count).